The Morgan fingerprint density at radius 1 is 1.17 bits per heavy atom. The van der Waals surface area contributed by atoms with Crippen LogP contribution in [0.3, 0.4) is 0 Å². The van der Waals surface area contributed by atoms with Crippen molar-refractivity contribution >= 4 is 11.0 Å². The first-order valence-corrected chi connectivity index (χ1v) is 10.7. The average Bonchev–Trinajstić information content (AvgIpc) is 3.11. The Morgan fingerprint density at radius 3 is 2.62 bits per heavy atom. The first-order chi connectivity index (χ1) is 14.0. The van der Waals surface area contributed by atoms with E-state index in [-0.39, 0.29) is 11.6 Å². The van der Waals surface area contributed by atoms with E-state index in [9.17, 15) is 4.79 Å². The molecule has 5 heteroatoms. The number of ether oxygens (including phenoxy) is 1. The summed E-state index contributed by atoms with van der Waals surface area (Å²) in [6, 6.07) is 8.65. The second kappa shape index (κ2) is 8.15. The zero-order valence-electron chi connectivity index (χ0n) is 17.9. The third kappa shape index (κ3) is 3.76. The molecule has 29 heavy (non-hydrogen) atoms. The molecule has 4 rings (SSSR count). The van der Waals surface area contributed by atoms with Crippen molar-refractivity contribution in [1.82, 2.24) is 14.1 Å². The van der Waals surface area contributed by atoms with Crippen molar-refractivity contribution in [3.05, 3.63) is 52.2 Å². The van der Waals surface area contributed by atoms with Crippen LogP contribution < -0.4 is 5.56 Å². The first kappa shape index (κ1) is 19.9. The van der Waals surface area contributed by atoms with Gasteiger partial charge < -0.3 is 13.9 Å². The molecule has 1 saturated carbocycles. The number of methoxy groups -OCH3 is 1. The van der Waals surface area contributed by atoms with Crippen LogP contribution in [0.15, 0.2) is 35.3 Å². The van der Waals surface area contributed by atoms with Crippen LogP contribution >= 0.6 is 0 Å². The van der Waals surface area contributed by atoms with Gasteiger partial charge in [-0.1, -0.05) is 25.3 Å². The molecule has 1 aliphatic rings. The number of pyridine rings is 1. The molecular weight excluding hydrogens is 362 g/mol. The molecule has 2 heterocycles. The quantitative estimate of drug-likeness (QED) is 0.615. The Bertz CT molecular complexity index is 1050. The molecule has 5 nitrogen and oxygen atoms in total. The van der Waals surface area contributed by atoms with E-state index < -0.39 is 0 Å². The number of aryl methyl sites for hydroxylation is 2. The predicted molar refractivity (Wildman–Crippen MR) is 118 cm³/mol. The molecule has 0 aliphatic heterocycles. The van der Waals surface area contributed by atoms with Crippen LogP contribution in [0.25, 0.3) is 22.2 Å². The average molecular weight is 394 g/mol. The highest BCUT2D eigenvalue weighted by Gasteiger charge is 2.25. The van der Waals surface area contributed by atoms with Crippen LogP contribution in [-0.4, -0.2) is 27.8 Å². The molecule has 0 spiro atoms. The highest BCUT2D eigenvalue weighted by atomic mass is 16.5. The third-order valence-corrected chi connectivity index (χ3v) is 6.23. The minimum atomic E-state index is 0.0492. The van der Waals surface area contributed by atoms with Crippen LogP contribution in [0, 0.1) is 6.92 Å². The molecule has 0 radical (unpaired) electrons. The van der Waals surface area contributed by atoms with E-state index in [1.807, 2.05) is 26.2 Å². The Hall–Kier alpha value is -2.40. The molecule has 2 aromatic heterocycles. The van der Waals surface area contributed by atoms with Gasteiger partial charge in [0.1, 0.15) is 5.82 Å². The summed E-state index contributed by atoms with van der Waals surface area (Å²) >= 11 is 0. The number of hydrogen-bond acceptors (Lipinski definition) is 3. The lowest BCUT2D eigenvalue weighted by Crippen LogP contribution is -2.18. The number of hydrogen-bond donors (Lipinski definition) is 0. The lowest BCUT2D eigenvalue weighted by atomic mass is 9.88. The van der Waals surface area contributed by atoms with E-state index >= 15 is 0 Å². The van der Waals surface area contributed by atoms with E-state index in [0.717, 1.165) is 27.7 Å². The van der Waals surface area contributed by atoms with E-state index in [2.05, 4.69) is 29.7 Å². The van der Waals surface area contributed by atoms with Crippen LogP contribution in [0.4, 0.5) is 0 Å². The normalized spacial score (nSPS) is 16.4. The first-order valence-electron chi connectivity index (χ1n) is 10.7. The van der Waals surface area contributed by atoms with Gasteiger partial charge >= 0.3 is 0 Å². The highest BCUT2D eigenvalue weighted by Crippen LogP contribution is 2.36. The summed E-state index contributed by atoms with van der Waals surface area (Å²) in [5.74, 6) is 1.73. The maximum Gasteiger partial charge on any atom is 0.253 e. The minimum Gasteiger partial charge on any atom is -0.383 e. The molecule has 1 atom stereocenters. The topological polar surface area (TPSA) is 49.1 Å². The van der Waals surface area contributed by atoms with Crippen LogP contribution in [0.2, 0.25) is 0 Å². The maximum absolute atomic E-state index is 12.1. The van der Waals surface area contributed by atoms with Gasteiger partial charge in [-0.05, 0) is 56.0 Å². The zero-order valence-corrected chi connectivity index (χ0v) is 17.9. The number of aromatic nitrogens is 3. The third-order valence-electron chi connectivity index (χ3n) is 6.23. The monoisotopic (exact) mass is 393 g/mol. The van der Waals surface area contributed by atoms with Crippen molar-refractivity contribution in [3.8, 4) is 11.1 Å². The van der Waals surface area contributed by atoms with Crippen molar-refractivity contribution in [3.63, 3.8) is 0 Å². The van der Waals surface area contributed by atoms with Gasteiger partial charge in [-0.2, -0.15) is 0 Å². The summed E-state index contributed by atoms with van der Waals surface area (Å²) < 4.78 is 9.55. The molecule has 0 bridgehead atoms. The smallest absolute Gasteiger partial charge is 0.253 e. The fraction of sp³-hybridized carbons (Fsp3) is 0.500. The Kier molecular flexibility index (Phi) is 5.59. The standard InChI is InChI=1S/C24H31N3O2/c1-16-12-20(14-26(3)24(16)28)19-10-11-21-22(13-19)27(17(2)15-29-4)23(25-21)18-8-6-5-7-9-18/h10-14,17-18H,5-9,15H2,1-4H3/t17-/m0/s1. The Morgan fingerprint density at radius 2 is 1.93 bits per heavy atom. The van der Waals surface area contributed by atoms with Crippen LogP contribution in [-0.2, 0) is 11.8 Å². The molecule has 0 amide bonds. The highest BCUT2D eigenvalue weighted by molar-refractivity contribution is 5.83. The largest absolute Gasteiger partial charge is 0.383 e. The fourth-order valence-corrected chi connectivity index (χ4v) is 4.75. The van der Waals surface area contributed by atoms with Crippen molar-refractivity contribution in [2.45, 2.75) is 57.9 Å². The number of nitrogens with zero attached hydrogens (tertiary/aromatic N) is 3. The van der Waals surface area contributed by atoms with Gasteiger partial charge in [-0.15, -0.1) is 0 Å². The van der Waals surface area contributed by atoms with Crippen molar-refractivity contribution in [1.29, 1.82) is 0 Å². The van der Waals surface area contributed by atoms with Crippen molar-refractivity contribution in [2.24, 2.45) is 7.05 Å². The van der Waals surface area contributed by atoms with Gasteiger partial charge in [0.15, 0.2) is 0 Å². The number of fused-ring (bicyclic) bond motifs is 1. The van der Waals surface area contributed by atoms with E-state index in [1.165, 1.54) is 37.9 Å². The molecular formula is C24H31N3O2. The SMILES string of the molecule is COC[C@H](C)n1c(C2CCCCC2)nc2ccc(-c3cc(C)c(=O)n(C)c3)cc21. The van der Waals surface area contributed by atoms with Crippen molar-refractivity contribution in [2.75, 3.05) is 13.7 Å². The summed E-state index contributed by atoms with van der Waals surface area (Å²) in [4.78, 5) is 17.2. The number of imidazole rings is 1. The van der Waals surface area contributed by atoms with Crippen LogP contribution in [0.5, 0.6) is 0 Å². The lowest BCUT2D eigenvalue weighted by Gasteiger charge is -2.25. The van der Waals surface area contributed by atoms with Gasteiger partial charge in [-0.25, -0.2) is 4.98 Å². The summed E-state index contributed by atoms with van der Waals surface area (Å²) in [7, 11) is 3.57. The zero-order chi connectivity index (χ0) is 20.5. The van der Waals surface area contributed by atoms with Crippen LogP contribution in [0.1, 0.15) is 62.4 Å². The predicted octanol–water partition coefficient (Wildman–Crippen LogP) is 4.97. The molecule has 3 aromatic rings. The van der Waals surface area contributed by atoms with Gasteiger partial charge in [0.05, 0.1) is 23.7 Å². The fourth-order valence-electron chi connectivity index (χ4n) is 4.75. The summed E-state index contributed by atoms with van der Waals surface area (Å²) in [6.45, 7) is 4.74. The van der Waals surface area contributed by atoms with Crippen molar-refractivity contribution < 1.29 is 4.74 Å². The van der Waals surface area contributed by atoms with Gasteiger partial charge in [0.2, 0.25) is 0 Å². The molecule has 1 fully saturated rings. The van der Waals surface area contributed by atoms with E-state index in [4.69, 9.17) is 9.72 Å². The molecule has 0 saturated heterocycles. The Balaban J connectivity index is 1.86. The maximum atomic E-state index is 12.1. The van der Waals surface area contributed by atoms with Gasteiger partial charge in [-0.3, -0.25) is 4.79 Å². The summed E-state index contributed by atoms with van der Waals surface area (Å²) in [5, 5.41) is 0. The molecule has 154 valence electrons. The summed E-state index contributed by atoms with van der Waals surface area (Å²) in [6.07, 6.45) is 8.26. The second-order valence-electron chi connectivity index (χ2n) is 8.51. The van der Waals surface area contributed by atoms with Gasteiger partial charge in [0, 0.05) is 31.8 Å². The molecule has 1 aromatic carbocycles. The lowest BCUT2D eigenvalue weighted by molar-refractivity contribution is 0.161. The molecule has 0 N–H and O–H groups in total. The minimum absolute atomic E-state index is 0.0492. The number of rotatable bonds is 5. The summed E-state index contributed by atoms with van der Waals surface area (Å²) in [5.41, 5.74) is 5.16. The number of benzene rings is 1. The second-order valence-corrected chi connectivity index (χ2v) is 8.51. The Labute approximate surface area is 172 Å². The van der Waals surface area contributed by atoms with Gasteiger partial charge in [0.25, 0.3) is 5.56 Å². The van der Waals surface area contributed by atoms with E-state index in [0.29, 0.717) is 12.5 Å². The molecule has 0 unspecified atom stereocenters. The van der Waals surface area contributed by atoms with E-state index in [1.54, 1.807) is 11.7 Å². The molecule has 1 aliphatic carbocycles.